The van der Waals surface area contributed by atoms with Crippen LogP contribution in [0.1, 0.15) is 27.0 Å². The van der Waals surface area contributed by atoms with Crippen LogP contribution in [-0.2, 0) is 6.54 Å². The van der Waals surface area contributed by atoms with Gasteiger partial charge in [0.1, 0.15) is 4.99 Å². The molecular formula is C16H16N2OS. The molecule has 0 saturated heterocycles. The van der Waals surface area contributed by atoms with Crippen LogP contribution < -0.4 is 11.1 Å². The van der Waals surface area contributed by atoms with E-state index in [1.165, 1.54) is 5.56 Å². The molecule has 2 aromatic rings. The van der Waals surface area contributed by atoms with Crippen molar-refractivity contribution in [1.29, 1.82) is 0 Å². The van der Waals surface area contributed by atoms with Crippen LogP contribution in [0.4, 0.5) is 0 Å². The molecular weight excluding hydrogens is 268 g/mol. The van der Waals surface area contributed by atoms with E-state index in [0.717, 1.165) is 11.1 Å². The molecule has 1 amide bonds. The Morgan fingerprint density at radius 2 is 1.80 bits per heavy atom. The zero-order chi connectivity index (χ0) is 14.5. The first-order chi connectivity index (χ1) is 9.56. The summed E-state index contributed by atoms with van der Waals surface area (Å²) in [5.74, 6) is -0.110. The largest absolute Gasteiger partial charge is 0.389 e. The topological polar surface area (TPSA) is 55.1 Å². The van der Waals surface area contributed by atoms with E-state index in [1.54, 1.807) is 24.3 Å². The molecule has 3 nitrogen and oxygen atoms in total. The lowest BCUT2D eigenvalue weighted by molar-refractivity contribution is 0.0951. The Hall–Kier alpha value is -2.20. The van der Waals surface area contributed by atoms with E-state index in [1.807, 2.05) is 25.1 Å². The quantitative estimate of drug-likeness (QED) is 0.848. The number of rotatable bonds is 4. The highest BCUT2D eigenvalue weighted by Crippen LogP contribution is 2.06. The highest BCUT2D eigenvalue weighted by atomic mass is 32.1. The minimum atomic E-state index is -0.110. The van der Waals surface area contributed by atoms with E-state index in [0.29, 0.717) is 17.1 Å². The van der Waals surface area contributed by atoms with Gasteiger partial charge in [-0.15, -0.1) is 0 Å². The van der Waals surface area contributed by atoms with Gasteiger partial charge in [0.15, 0.2) is 0 Å². The Morgan fingerprint density at radius 3 is 2.40 bits per heavy atom. The predicted octanol–water partition coefficient (Wildman–Crippen LogP) is 2.56. The van der Waals surface area contributed by atoms with Gasteiger partial charge in [-0.25, -0.2) is 0 Å². The number of benzene rings is 2. The van der Waals surface area contributed by atoms with Gasteiger partial charge >= 0.3 is 0 Å². The maximum Gasteiger partial charge on any atom is 0.251 e. The first-order valence-corrected chi connectivity index (χ1v) is 6.71. The van der Waals surface area contributed by atoms with Crippen LogP contribution in [0.3, 0.4) is 0 Å². The third-order valence-corrected chi connectivity index (χ3v) is 3.20. The van der Waals surface area contributed by atoms with Crippen molar-refractivity contribution in [2.75, 3.05) is 0 Å². The molecule has 0 aliphatic carbocycles. The number of amides is 1. The van der Waals surface area contributed by atoms with Gasteiger partial charge in [0.05, 0.1) is 0 Å². The zero-order valence-electron chi connectivity index (χ0n) is 11.2. The van der Waals surface area contributed by atoms with Crippen molar-refractivity contribution in [3.05, 3.63) is 70.8 Å². The molecule has 0 aliphatic heterocycles. The smallest absolute Gasteiger partial charge is 0.251 e. The van der Waals surface area contributed by atoms with E-state index in [-0.39, 0.29) is 5.91 Å². The molecule has 0 saturated carbocycles. The molecule has 0 aromatic heterocycles. The zero-order valence-corrected chi connectivity index (χ0v) is 12.0. The Bertz CT molecular complexity index is 635. The second-order valence-corrected chi connectivity index (χ2v) is 5.05. The van der Waals surface area contributed by atoms with Crippen molar-refractivity contribution in [3.8, 4) is 0 Å². The van der Waals surface area contributed by atoms with Gasteiger partial charge in [-0.05, 0) is 24.6 Å². The summed E-state index contributed by atoms with van der Waals surface area (Å²) in [5, 5.41) is 2.89. The van der Waals surface area contributed by atoms with Gasteiger partial charge in [-0.3, -0.25) is 4.79 Å². The van der Waals surface area contributed by atoms with Crippen LogP contribution in [0, 0.1) is 6.92 Å². The van der Waals surface area contributed by atoms with Crippen molar-refractivity contribution < 1.29 is 4.79 Å². The summed E-state index contributed by atoms with van der Waals surface area (Å²) in [7, 11) is 0. The van der Waals surface area contributed by atoms with E-state index in [2.05, 4.69) is 11.4 Å². The molecule has 0 fully saturated rings. The highest BCUT2D eigenvalue weighted by Gasteiger charge is 2.05. The summed E-state index contributed by atoms with van der Waals surface area (Å²) >= 11 is 4.88. The normalized spacial score (nSPS) is 10.1. The molecule has 0 spiro atoms. The van der Waals surface area contributed by atoms with Crippen LogP contribution >= 0.6 is 12.2 Å². The molecule has 2 aromatic carbocycles. The summed E-state index contributed by atoms with van der Waals surface area (Å²) in [5.41, 5.74) is 9.13. The number of hydrogen-bond acceptors (Lipinski definition) is 2. The van der Waals surface area contributed by atoms with Gasteiger partial charge in [0, 0.05) is 17.7 Å². The highest BCUT2D eigenvalue weighted by molar-refractivity contribution is 7.80. The average Bonchev–Trinajstić information content (AvgIpc) is 2.45. The van der Waals surface area contributed by atoms with Crippen LogP contribution in [0.25, 0.3) is 0 Å². The monoisotopic (exact) mass is 284 g/mol. The van der Waals surface area contributed by atoms with Crippen molar-refractivity contribution in [3.63, 3.8) is 0 Å². The minimum absolute atomic E-state index is 0.110. The SMILES string of the molecule is Cc1cccc(CNC(=O)c2ccc(C(N)=S)cc2)c1. The second kappa shape index (κ2) is 6.30. The van der Waals surface area contributed by atoms with Crippen molar-refractivity contribution >= 4 is 23.1 Å². The van der Waals surface area contributed by atoms with Crippen LogP contribution in [0.2, 0.25) is 0 Å². The summed E-state index contributed by atoms with van der Waals surface area (Å²) in [6.07, 6.45) is 0. The van der Waals surface area contributed by atoms with E-state index in [4.69, 9.17) is 18.0 Å². The Balaban J connectivity index is 1.99. The molecule has 0 radical (unpaired) electrons. The molecule has 0 unspecified atom stereocenters. The first kappa shape index (κ1) is 14.2. The lowest BCUT2D eigenvalue weighted by Crippen LogP contribution is -2.23. The fourth-order valence-corrected chi connectivity index (χ4v) is 2.03. The summed E-state index contributed by atoms with van der Waals surface area (Å²) in [4.78, 5) is 12.3. The number of carbonyl (C=O) groups is 1. The first-order valence-electron chi connectivity index (χ1n) is 6.30. The Kier molecular flexibility index (Phi) is 4.48. The number of aryl methyl sites for hydroxylation is 1. The summed E-state index contributed by atoms with van der Waals surface area (Å²) in [6, 6.07) is 15.0. The molecule has 2 rings (SSSR count). The molecule has 4 heteroatoms. The number of thiocarbonyl (C=S) groups is 1. The predicted molar refractivity (Wildman–Crippen MR) is 84.7 cm³/mol. The number of nitrogens with two attached hydrogens (primary N) is 1. The van der Waals surface area contributed by atoms with Gasteiger partial charge in [0.25, 0.3) is 5.91 Å². The van der Waals surface area contributed by atoms with Crippen LogP contribution in [-0.4, -0.2) is 10.9 Å². The number of carbonyl (C=O) groups excluding carboxylic acids is 1. The van der Waals surface area contributed by atoms with E-state index >= 15 is 0 Å². The summed E-state index contributed by atoms with van der Waals surface area (Å²) in [6.45, 7) is 2.54. The maximum absolute atomic E-state index is 12.0. The Morgan fingerprint density at radius 1 is 1.15 bits per heavy atom. The molecule has 20 heavy (non-hydrogen) atoms. The molecule has 102 valence electrons. The van der Waals surface area contributed by atoms with E-state index in [9.17, 15) is 4.79 Å². The number of nitrogens with one attached hydrogen (secondary N) is 1. The lowest BCUT2D eigenvalue weighted by atomic mass is 10.1. The third kappa shape index (κ3) is 3.65. The molecule has 3 N–H and O–H groups in total. The molecule has 0 atom stereocenters. The fourth-order valence-electron chi connectivity index (χ4n) is 1.89. The van der Waals surface area contributed by atoms with Gasteiger partial charge in [-0.1, -0.05) is 54.2 Å². The van der Waals surface area contributed by atoms with E-state index < -0.39 is 0 Å². The van der Waals surface area contributed by atoms with Crippen molar-refractivity contribution in [2.45, 2.75) is 13.5 Å². The molecule has 0 heterocycles. The van der Waals surface area contributed by atoms with Gasteiger partial charge in [-0.2, -0.15) is 0 Å². The average molecular weight is 284 g/mol. The standard InChI is InChI=1S/C16H16N2OS/c1-11-3-2-4-12(9-11)10-18-16(19)14-7-5-13(6-8-14)15(17)20/h2-9H,10H2,1H3,(H2,17,20)(H,18,19). The molecule has 0 aliphatic rings. The van der Waals surface area contributed by atoms with Gasteiger partial charge in [0.2, 0.25) is 0 Å². The van der Waals surface area contributed by atoms with Gasteiger partial charge < -0.3 is 11.1 Å². The van der Waals surface area contributed by atoms with Crippen molar-refractivity contribution in [1.82, 2.24) is 5.32 Å². The second-order valence-electron chi connectivity index (χ2n) is 4.61. The van der Waals surface area contributed by atoms with Crippen LogP contribution in [0.15, 0.2) is 48.5 Å². The fraction of sp³-hybridized carbons (Fsp3) is 0.125. The van der Waals surface area contributed by atoms with Crippen molar-refractivity contribution in [2.24, 2.45) is 5.73 Å². The Labute approximate surface area is 123 Å². The summed E-state index contributed by atoms with van der Waals surface area (Å²) < 4.78 is 0. The maximum atomic E-state index is 12.0. The number of hydrogen-bond donors (Lipinski definition) is 2. The molecule has 0 bridgehead atoms. The third-order valence-electron chi connectivity index (χ3n) is 2.97. The minimum Gasteiger partial charge on any atom is -0.389 e. The lowest BCUT2D eigenvalue weighted by Gasteiger charge is -2.07. The van der Waals surface area contributed by atoms with Crippen LogP contribution in [0.5, 0.6) is 0 Å².